The number of carbonyl (C=O) groups is 1. The van der Waals surface area contributed by atoms with Gasteiger partial charge in [-0.25, -0.2) is 13.8 Å². The SMILES string of the molecule is CNC(=O)c1c(-c2ccc(F)cc2)oc2cc(N(C)C)c(-c3cccc(-c4nc5ncc(F)cc5o4)c3)cc12. The van der Waals surface area contributed by atoms with Gasteiger partial charge in [0, 0.05) is 61.0 Å². The van der Waals surface area contributed by atoms with Crippen molar-refractivity contribution in [2.24, 2.45) is 0 Å². The van der Waals surface area contributed by atoms with Crippen molar-refractivity contribution in [3.63, 3.8) is 0 Å². The lowest BCUT2D eigenvalue weighted by molar-refractivity contribution is 0.0964. The van der Waals surface area contributed by atoms with Crippen LogP contribution in [-0.2, 0) is 0 Å². The number of aromatic nitrogens is 2. The number of furan rings is 1. The van der Waals surface area contributed by atoms with Gasteiger partial charge in [0.1, 0.15) is 23.0 Å². The highest BCUT2D eigenvalue weighted by atomic mass is 19.1. The van der Waals surface area contributed by atoms with Crippen LogP contribution in [0.15, 0.2) is 81.8 Å². The molecule has 3 aromatic heterocycles. The van der Waals surface area contributed by atoms with Crippen LogP contribution in [-0.4, -0.2) is 37.0 Å². The van der Waals surface area contributed by atoms with Crippen LogP contribution in [0.1, 0.15) is 10.4 Å². The van der Waals surface area contributed by atoms with Crippen molar-refractivity contribution in [1.29, 1.82) is 0 Å². The normalized spacial score (nSPS) is 11.3. The van der Waals surface area contributed by atoms with Gasteiger partial charge in [0.15, 0.2) is 11.2 Å². The van der Waals surface area contributed by atoms with Crippen LogP contribution in [0.3, 0.4) is 0 Å². The van der Waals surface area contributed by atoms with E-state index in [9.17, 15) is 13.6 Å². The number of fused-ring (bicyclic) bond motifs is 2. The van der Waals surface area contributed by atoms with Gasteiger partial charge in [-0.05, 0) is 48.0 Å². The largest absolute Gasteiger partial charge is 0.455 e. The monoisotopic (exact) mass is 524 g/mol. The van der Waals surface area contributed by atoms with Crippen molar-refractivity contribution >= 4 is 33.8 Å². The van der Waals surface area contributed by atoms with E-state index in [1.807, 2.05) is 55.4 Å². The van der Waals surface area contributed by atoms with Gasteiger partial charge >= 0.3 is 0 Å². The molecule has 3 aromatic carbocycles. The molecule has 1 N–H and O–H groups in total. The number of halogens is 2. The van der Waals surface area contributed by atoms with Crippen LogP contribution in [0.25, 0.3) is 56.1 Å². The lowest BCUT2D eigenvalue weighted by Gasteiger charge is -2.18. The minimum absolute atomic E-state index is 0.257. The van der Waals surface area contributed by atoms with E-state index in [0.717, 1.165) is 23.0 Å². The second-order valence-electron chi connectivity index (χ2n) is 9.23. The third-order valence-electron chi connectivity index (χ3n) is 6.48. The Morgan fingerprint density at radius 2 is 1.64 bits per heavy atom. The summed E-state index contributed by atoms with van der Waals surface area (Å²) in [7, 11) is 5.38. The molecule has 0 unspecified atom stereocenters. The van der Waals surface area contributed by atoms with Crippen molar-refractivity contribution in [1.82, 2.24) is 15.3 Å². The van der Waals surface area contributed by atoms with Gasteiger partial charge in [0.2, 0.25) is 5.89 Å². The summed E-state index contributed by atoms with van der Waals surface area (Å²) in [5, 5.41) is 3.30. The van der Waals surface area contributed by atoms with E-state index in [2.05, 4.69) is 15.3 Å². The average molecular weight is 525 g/mol. The minimum Gasteiger partial charge on any atom is -0.455 e. The molecule has 0 atom stereocenters. The molecule has 0 bridgehead atoms. The van der Waals surface area contributed by atoms with Crippen molar-refractivity contribution < 1.29 is 22.4 Å². The fourth-order valence-corrected chi connectivity index (χ4v) is 4.63. The lowest BCUT2D eigenvalue weighted by atomic mass is 9.97. The minimum atomic E-state index is -0.505. The number of carbonyl (C=O) groups excluding carboxylic acids is 1. The average Bonchev–Trinajstić information content (AvgIpc) is 3.53. The molecule has 39 heavy (non-hydrogen) atoms. The van der Waals surface area contributed by atoms with Gasteiger partial charge in [0.25, 0.3) is 5.91 Å². The van der Waals surface area contributed by atoms with Gasteiger partial charge in [0.05, 0.1) is 11.8 Å². The molecule has 1 amide bonds. The molecular weight excluding hydrogens is 502 g/mol. The molecule has 0 aliphatic carbocycles. The predicted octanol–water partition coefficient (Wildman–Crippen LogP) is 6.67. The highest BCUT2D eigenvalue weighted by molar-refractivity contribution is 6.12. The Balaban J connectivity index is 1.55. The van der Waals surface area contributed by atoms with E-state index >= 15 is 0 Å². The zero-order valence-corrected chi connectivity index (χ0v) is 21.3. The van der Waals surface area contributed by atoms with Crippen molar-refractivity contribution in [2.45, 2.75) is 0 Å². The summed E-state index contributed by atoms with van der Waals surface area (Å²) in [4.78, 5) is 23.4. The molecule has 0 aliphatic rings. The number of nitrogens with one attached hydrogen (secondary N) is 1. The molecule has 0 aliphatic heterocycles. The van der Waals surface area contributed by atoms with Crippen LogP contribution < -0.4 is 10.2 Å². The lowest BCUT2D eigenvalue weighted by Crippen LogP contribution is -2.18. The number of nitrogens with zero attached hydrogens (tertiary/aromatic N) is 3. The number of oxazole rings is 1. The Morgan fingerprint density at radius 1 is 0.872 bits per heavy atom. The van der Waals surface area contributed by atoms with E-state index in [1.54, 1.807) is 19.2 Å². The molecule has 0 spiro atoms. The summed E-state index contributed by atoms with van der Waals surface area (Å²) in [6.07, 6.45) is 1.10. The highest BCUT2D eigenvalue weighted by Gasteiger charge is 2.24. The fourth-order valence-electron chi connectivity index (χ4n) is 4.63. The maximum Gasteiger partial charge on any atom is 0.255 e. The Morgan fingerprint density at radius 3 is 2.38 bits per heavy atom. The van der Waals surface area contributed by atoms with Crippen LogP contribution in [0.5, 0.6) is 0 Å². The molecular formula is C30H22F2N4O3. The first-order valence-electron chi connectivity index (χ1n) is 12.1. The van der Waals surface area contributed by atoms with E-state index in [1.165, 1.54) is 18.2 Å². The number of hydrogen-bond donors (Lipinski definition) is 1. The molecule has 3 heterocycles. The third kappa shape index (κ3) is 4.27. The summed E-state index contributed by atoms with van der Waals surface area (Å²) in [5.74, 6) is -0.545. The zero-order chi connectivity index (χ0) is 27.3. The molecule has 194 valence electrons. The molecule has 6 rings (SSSR count). The second-order valence-corrected chi connectivity index (χ2v) is 9.23. The maximum atomic E-state index is 13.6. The van der Waals surface area contributed by atoms with Crippen molar-refractivity contribution in [3.8, 4) is 33.9 Å². The van der Waals surface area contributed by atoms with Crippen molar-refractivity contribution in [3.05, 3.63) is 90.1 Å². The quantitative estimate of drug-likeness (QED) is 0.271. The standard InChI is InChI=1S/C30H22F2N4O3/c1-33-29(37)26-22-13-21(23(36(2)3)14-24(22)38-27(26)16-7-9-19(31)10-8-16)17-5-4-6-18(11-17)30-35-28-25(39-30)12-20(32)15-34-28/h4-15H,1-3H3,(H,33,37). The summed E-state index contributed by atoms with van der Waals surface area (Å²) in [6, 6.07) is 18.4. The van der Waals surface area contributed by atoms with Crippen LogP contribution in [0, 0.1) is 11.6 Å². The van der Waals surface area contributed by atoms with Gasteiger partial charge in [-0.15, -0.1) is 0 Å². The topological polar surface area (TPSA) is 84.4 Å². The number of pyridine rings is 1. The molecule has 0 radical (unpaired) electrons. The fraction of sp³-hybridized carbons (Fsp3) is 0.100. The zero-order valence-electron chi connectivity index (χ0n) is 21.3. The summed E-state index contributed by atoms with van der Waals surface area (Å²) in [6.45, 7) is 0. The van der Waals surface area contributed by atoms with Crippen LogP contribution in [0.4, 0.5) is 14.5 Å². The smallest absolute Gasteiger partial charge is 0.255 e. The third-order valence-corrected chi connectivity index (χ3v) is 6.48. The molecule has 0 saturated heterocycles. The van der Waals surface area contributed by atoms with Gasteiger partial charge in [-0.3, -0.25) is 4.79 Å². The molecule has 0 saturated carbocycles. The number of benzene rings is 3. The Kier molecular flexibility index (Phi) is 5.83. The second kappa shape index (κ2) is 9.36. The Bertz CT molecular complexity index is 1870. The van der Waals surface area contributed by atoms with Crippen LogP contribution in [0.2, 0.25) is 0 Å². The van der Waals surface area contributed by atoms with E-state index in [4.69, 9.17) is 8.83 Å². The summed E-state index contributed by atoms with van der Waals surface area (Å²) >= 11 is 0. The predicted molar refractivity (Wildman–Crippen MR) is 146 cm³/mol. The first kappa shape index (κ1) is 24.3. The molecule has 7 nitrogen and oxygen atoms in total. The first-order valence-corrected chi connectivity index (χ1v) is 12.1. The first-order chi connectivity index (χ1) is 18.8. The molecule has 6 aromatic rings. The van der Waals surface area contributed by atoms with Crippen LogP contribution >= 0.6 is 0 Å². The van der Waals surface area contributed by atoms with Gasteiger partial charge in [-0.2, -0.15) is 4.98 Å². The number of amides is 1. The van der Waals surface area contributed by atoms with E-state index < -0.39 is 5.82 Å². The Hall–Kier alpha value is -5.05. The number of hydrogen-bond acceptors (Lipinski definition) is 6. The van der Waals surface area contributed by atoms with E-state index in [0.29, 0.717) is 45.0 Å². The van der Waals surface area contributed by atoms with Crippen molar-refractivity contribution in [2.75, 3.05) is 26.0 Å². The van der Waals surface area contributed by atoms with Gasteiger partial charge in [-0.1, -0.05) is 12.1 Å². The highest BCUT2D eigenvalue weighted by Crippen LogP contribution is 2.41. The maximum absolute atomic E-state index is 13.6. The molecule has 9 heteroatoms. The number of anilines is 1. The Labute approximate surface area is 221 Å². The summed E-state index contributed by atoms with van der Waals surface area (Å²) < 4.78 is 39.2. The van der Waals surface area contributed by atoms with E-state index in [-0.39, 0.29) is 17.3 Å². The van der Waals surface area contributed by atoms with Gasteiger partial charge < -0.3 is 19.1 Å². The number of rotatable bonds is 5. The molecule has 0 fully saturated rings. The summed E-state index contributed by atoms with van der Waals surface area (Å²) in [5.41, 5.74) is 5.24.